The molecule has 0 aromatic heterocycles. The first-order valence-corrected chi connectivity index (χ1v) is 7.74. The minimum Gasteiger partial charge on any atom is -0.478 e. The lowest BCUT2D eigenvalue weighted by atomic mass is 9.82. The minimum absolute atomic E-state index is 0.247. The molecule has 0 saturated carbocycles. The first kappa shape index (κ1) is 14.3. The molecule has 0 amide bonds. The van der Waals surface area contributed by atoms with Gasteiger partial charge in [0.25, 0.3) is 0 Å². The number of anilines is 1. The van der Waals surface area contributed by atoms with E-state index in [9.17, 15) is 4.79 Å². The lowest BCUT2D eigenvalue weighted by molar-refractivity contribution is 0.0697. The molecular weight excluding hydrogens is 258 g/mol. The molecular formula is C15H21NO2S. The van der Waals surface area contributed by atoms with Crippen LogP contribution in [0.25, 0.3) is 0 Å². The second kappa shape index (κ2) is 5.45. The second-order valence-corrected chi connectivity index (χ2v) is 7.00. The molecule has 0 bridgehead atoms. The van der Waals surface area contributed by atoms with E-state index >= 15 is 0 Å². The number of rotatable bonds is 3. The zero-order chi connectivity index (χ0) is 14.0. The molecule has 1 atom stereocenters. The number of carboxylic acid groups (broad SMARTS) is 1. The minimum atomic E-state index is -0.875. The Labute approximate surface area is 118 Å². The van der Waals surface area contributed by atoms with Gasteiger partial charge in [0.1, 0.15) is 0 Å². The summed E-state index contributed by atoms with van der Waals surface area (Å²) in [6.07, 6.45) is 1.19. The van der Waals surface area contributed by atoms with Gasteiger partial charge in [-0.2, -0.15) is 11.8 Å². The lowest BCUT2D eigenvalue weighted by Gasteiger charge is -2.39. The van der Waals surface area contributed by atoms with E-state index < -0.39 is 5.97 Å². The summed E-state index contributed by atoms with van der Waals surface area (Å²) in [6, 6.07) is 5.65. The summed E-state index contributed by atoms with van der Waals surface area (Å²) in [5.74, 6) is 1.41. The summed E-state index contributed by atoms with van der Waals surface area (Å²) in [4.78, 5) is 11.1. The van der Waals surface area contributed by atoms with Crippen LogP contribution >= 0.6 is 11.8 Å². The summed E-state index contributed by atoms with van der Waals surface area (Å²) >= 11 is 1.96. The predicted molar refractivity (Wildman–Crippen MR) is 81.3 cm³/mol. The summed E-state index contributed by atoms with van der Waals surface area (Å²) in [7, 11) is 0. The van der Waals surface area contributed by atoms with E-state index in [1.807, 2.05) is 24.8 Å². The molecule has 0 aliphatic carbocycles. The van der Waals surface area contributed by atoms with Gasteiger partial charge in [0.15, 0.2) is 0 Å². The van der Waals surface area contributed by atoms with Crippen molar-refractivity contribution in [2.45, 2.75) is 33.2 Å². The average molecular weight is 279 g/mol. The number of nitrogens with one attached hydrogen (secondary N) is 1. The number of hydrogen-bond donors (Lipinski definition) is 2. The third kappa shape index (κ3) is 3.24. The van der Waals surface area contributed by atoms with Crippen molar-refractivity contribution in [3.63, 3.8) is 0 Å². The molecule has 1 fully saturated rings. The van der Waals surface area contributed by atoms with Gasteiger partial charge in [-0.15, -0.1) is 0 Å². The van der Waals surface area contributed by atoms with Crippen LogP contribution in [0, 0.1) is 12.3 Å². The zero-order valence-electron chi connectivity index (χ0n) is 11.7. The van der Waals surface area contributed by atoms with E-state index in [4.69, 9.17) is 5.11 Å². The van der Waals surface area contributed by atoms with Crippen LogP contribution in [0.5, 0.6) is 0 Å². The molecule has 1 aliphatic rings. The molecule has 1 aromatic rings. The van der Waals surface area contributed by atoms with E-state index in [0.717, 1.165) is 17.0 Å². The molecule has 2 N–H and O–H groups in total. The number of aryl methyl sites for hydroxylation is 1. The van der Waals surface area contributed by atoms with Crippen molar-refractivity contribution in [1.82, 2.24) is 0 Å². The third-order valence-corrected chi connectivity index (χ3v) is 4.99. The van der Waals surface area contributed by atoms with Crippen LogP contribution < -0.4 is 5.32 Å². The molecule has 2 rings (SSSR count). The Hall–Kier alpha value is -1.16. The van der Waals surface area contributed by atoms with E-state index in [1.54, 1.807) is 12.1 Å². The number of hydrogen-bond acceptors (Lipinski definition) is 3. The molecule has 1 aromatic carbocycles. The van der Waals surface area contributed by atoms with Crippen LogP contribution in [0.15, 0.2) is 18.2 Å². The van der Waals surface area contributed by atoms with Gasteiger partial charge in [-0.25, -0.2) is 4.79 Å². The SMILES string of the molecule is Cc1ccc(C(=O)O)cc1NC1CSCCC1(C)C. The van der Waals surface area contributed by atoms with Crippen LogP contribution in [0.1, 0.15) is 36.2 Å². The highest BCUT2D eigenvalue weighted by Crippen LogP contribution is 2.36. The van der Waals surface area contributed by atoms with E-state index in [0.29, 0.717) is 11.6 Å². The lowest BCUT2D eigenvalue weighted by Crippen LogP contribution is -2.41. The van der Waals surface area contributed by atoms with Gasteiger partial charge in [0, 0.05) is 17.5 Å². The quantitative estimate of drug-likeness (QED) is 0.887. The van der Waals surface area contributed by atoms with Gasteiger partial charge in [-0.05, 0) is 42.2 Å². The van der Waals surface area contributed by atoms with Crippen LogP contribution in [-0.4, -0.2) is 28.6 Å². The Bertz CT molecular complexity index is 485. The Balaban J connectivity index is 2.22. The fourth-order valence-corrected chi connectivity index (χ4v) is 3.88. The van der Waals surface area contributed by atoms with Crippen molar-refractivity contribution >= 4 is 23.4 Å². The molecule has 104 valence electrons. The van der Waals surface area contributed by atoms with Crippen LogP contribution in [0.2, 0.25) is 0 Å². The van der Waals surface area contributed by atoms with Crippen LogP contribution in [0.4, 0.5) is 5.69 Å². The van der Waals surface area contributed by atoms with Gasteiger partial charge in [-0.3, -0.25) is 0 Å². The summed E-state index contributed by atoms with van der Waals surface area (Å²) in [5, 5.41) is 12.6. The molecule has 1 aliphatic heterocycles. The van der Waals surface area contributed by atoms with Crippen molar-refractivity contribution in [1.29, 1.82) is 0 Å². The third-order valence-electron chi connectivity index (χ3n) is 3.93. The molecule has 4 heteroatoms. The molecule has 19 heavy (non-hydrogen) atoms. The van der Waals surface area contributed by atoms with E-state index in [1.165, 1.54) is 12.2 Å². The second-order valence-electron chi connectivity index (χ2n) is 5.85. The topological polar surface area (TPSA) is 49.3 Å². The molecule has 0 radical (unpaired) electrons. The van der Waals surface area contributed by atoms with Gasteiger partial charge >= 0.3 is 5.97 Å². The smallest absolute Gasteiger partial charge is 0.335 e. The van der Waals surface area contributed by atoms with Gasteiger partial charge < -0.3 is 10.4 Å². The number of carboxylic acids is 1. The number of benzene rings is 1. The predicted octanol–water partition coefficient (Wildman–Crippen LogP) is 3.64. The fraction of sp³-hybridized carbons (Fsp3) is 0.533. The van der Waals surface area contributed by atoms with Crippen molar-refractivity contribution in [2.24, 2.45) is 5.41 Å². The summed E-state index contributed by atoms with van der Waals surface area (Å²) < 4.78 is 0. The Kier molecular flexibility index (Phi) is 4.09. The number of aromatic carboxylic acids is 1. The fourth-order valence-electron chi connectivity index (χ4n) is 2.27. The van der Waals surface area contributed by atoms with Crippen molar-refractivity contribution in [3.8, 4) is 0 Å². The maximum Gasteiger partial charge on any atom is 0.335 e. The summed E-state index contributed by atoms with van der Waals surface area (Å²) in [6.45, 7) is 6.57. The largest absolute Gasteiger partial charge is 0.478 e. The molecule has 1 saturated heterocycles. The van der Waals surface area contributed by atoms with E-state index in [-0.39, 0.29) is 5.41 Å². The highest BCUT2D eigenvalue weighted by Gasteiger charge is 2.32. The molecule has 0 spiro atoms. The number of carbonyl (C=O) groups is 1. The number of thioether (sulfide) groups is 1. The molecule has 3 nitrogen and oxygen atoms in total. The van der Waals surface area contributed by atoms with Crippen molar-refractivity contribution in [2.75, 3.05) is 16.8 Å². The van der Waals surface area contributed by atoms with Gasteiger partial charge in [-0.1, -0.05) is 19.9 Å². The van der Waals surface area contributed by atoms with Crippen molar-refractivity contribution in [3.05, 3.63) is 29.3 Å². The maximum absolute atomic E-state index is 11.1. The van der Waals surface area contributed by atoms with Crippen LogP contribution in [0.3, 0.4) is 0 Å². The van der Waals surface area contributed by atoms with Gasteiger partial charge in [0.05, 0.1) is 5.56 Å². The van der Waals surface area contributed by atoms with Gasteiger partial charge in [0.2, 0.25) is 0 Å². The zero-order valence-corrected chi connectivity index (χ0v) is 12.5. The first-order chi connectivity index (χ1) is 8.90. The Morgan fingerprint density at radius 3 is 2.84 bits per heavy atom. The molecule has 1 unspecified atom stereocenters. The average Bonchev–Trinajstić information content (AvgIpc) is 2.34. The van der Waals surface area contributed by atoms with E-state index in [2.05, 4.69) is 19.2 Å². The standard InChI is InChI=1S/C15H21NO2S/c1-10-4-5-11(14(17)18)8-12(10)16-13-9-19-7-6-15(13,2)3/h4-5,8,13,16H,6-7,9H2,1-3H3,(H,17,18). The highest BCUT2D eigenvalue weighted by molar-refractivity contribution is 7.99. The molecule has 1 heterocycles. The van der Waals surface area contributed by atoms with Crippen molar-refractivity contribution < 1.29 is 9.90 Å². The Morgan fingerprint density at radius 2 is 2.21 bits per heavy atom. The Morgan fingerprint density at radius 1 is 1.47 bits per heavy atom. The highest BCUT2D eigenvalue weighted by atomic mass is 32.2. The van der Waals surface area contributed by atoms with Crippen LogP contribution in [-0.2, 0) is 0 Å². The first-order valence-electron chi connectivity index (χ1n) is 6.58. The maximum atomic E-state index is 11.1. The normalized spacial score (nSPS) is 21.9. The summed E-state index contributed by atoms with van der Waals surface area (Å²) in [5.41, 5.74) is 2.63. The monoisotopic (exact) mass is 279 g/mol.